The summed E-state index contributed by atoms with van der Waals surface area (Å²) in [5, 5.41) is 11.2. The Hall–Kier alpha value is -3.28. The molecule has 0 aliphatic heterocycles. The second-order valence-electron chi connectivity index (χ2n) is 9.71. The second-order valence-corrected chi connectivity index (χ2v) is 10.7. The van der Waals surface area contributed by atoms with E-state index in [4.69, 9.17) is 14.6 Å². The first-order valence-corrected chi connectivity index (χ1v) is 12.9. The van der Waals surface area contributed by atoms with Crippen molar-refractivity contribution in [1.82, 2.24) is 0 Å². The van der Waals surface area contributed by atoms with E-state index in [1.807, 2.05) is 26.8 Å². The molecule has 2 aromatic carbocycles. The average Bonchev–Trinajstić information content (AvgIpc) is 3.31. The summed E-state index contributed by atoms with van der Waals surface area (Å²) < 4.78 is 7.20. The van der Waals surface area contributed by atoms with Gasteiger partial charge in [-0.3, -0.25) is 9.59 Å². The highest BCUT2D eigenvalue weighted by Gasteiger charge is 2.31. The highest BCUT2D eigenvalue weighted by molar-refractivity contribution is 7.17. The molecule has 0 unspecified atom stereocenters. The predicted octanol–water partition coefficient (Wildman–Crippen LogP) is 6.72. The van der Waals surface area contributed by atoms with Crippen molar-refractivity contribution in [1.29, 1.82) is 0 Å². The van der Waals surface area contributed by atoms with Gasteiger partial charge in [0.15, 0.2) is 5.78 Å². The summed E-state index contributed by atoms with van der Waals surface area (Å²) in [4.78, 5) is 33.6. The van der Waals surface area contributed by atoms with Crippen LogP contribution in [0.3, 0.4) is 0 Å². The molecule has 0 amide bonds. The maximum atomic E-state index is 12.2. The lowest BCUT2D eigenvalue weighted by atomic mass is 9.70. The maximum Gasteiger partial charge on any atom is 0.326 e. The van der Waals surface area contributed by atoms with Gasteiger partial charge in [0.05, 0.1) is 0 Å². The number of aliphatic carboxylic acids is 1. The Labute approximate surface area is 217 Å². The van der Waals surface area contributed by atoms with E-state index in [1.54, 1.807) is 11.3 Å². The molecule has 192 valence electrons. The lowest BCUT2D eigenvalue weighted by molar-refractivity contribution is -0.135. The molecular weight excluding hydrogens is 474 g/mol. The second kappa shape index (κ2) is 12.6. The van der Waals surface area contributed by atoms with E-state index in [0.29, 0.717) is 0 Å². The van der Waals surface area contributed by atoms with Crippen molar-refractivity contribution in [2.24, 2.45) is 10.4 Å². The van der Waals surface area contributed by atoms with Gasteiger partial charge >= 0.3 is 5.97 Å². The Morgan fingerprint density at radius 1 is 1.03 bits per heavy atom. The van der Waals surface area contributed by atoms with Gasteiger partial charge < -0.3 is 9.84 Å². The third-order valence-electron chi connectivity index (χ3n) is 6.42. The number of thiophene rings is 1. The number of isocyanates is 1. The summed E-state index contributed by atoms with van der Waals surface area (Å²) in [7, 11) is 0. The fourth-order valence-corrected chi connectivity index (χ4v) is 4.88. The van der Waals surface area contributed by atoms with Gasteiger partial charge in [-0.05, 0) is 65.4 Å². The lowest BCUT2D eigenvalue weighted by Crippen LogP contribution is -2.27. The molecule has 6 nitrogen and oxygen atoms in total. The van der Waals surface area contributed by atoms with E-state index in [2.05, 4.69) is 67.5 Å². The van der Waals surface area contributed by atoms with Crippen LogP contribution in [0.5, 0.6) is 5.75 Å². The molecule has 0 fully saturated rings. The third-order valence-corrected chi connectivity index (χ3v) is 7.30. The largest absolute Gasteiger partial charge is 0.486 e. The fourth-order valence-electron chi connectivity index (χ4n) is 4.05. The molecule has 0 aliphatic carbocycles. The summed E-state index contributed by atoms with van der Waals surface area (Å²) >= 11 is 1.80. The van der Waals surface area contributed by atoms with Gasteiger partial charge in [-0.1, -0.05) is 58.9 Å². The average molecular weight is 510 g/mol. The number of hydrogen-bond acceptors (Lipinski definition) is 6. The molecule has 0 saturated heterocycles. The molecule has 0 radical (unpaired) electrons. The van der Waals surface area contributed by atoms with Crippen LogP contribution in [0.25, 0.3) is 10.1 Å². The van der Waals surface area contributed by atoms with E-state index in [9.17, 15) is 9.59 Å². The number of fused-ring (bicyclic) bond motifs is 1. The number of rotatable bonds is 9. The zero-order chi connectivity index (χ0) is 26.9. The van der Waals surface area contributed by atoms with E-state index < -0.39 is 12.5 Å². The van der Waals surface area contributed by atoms with Crippen molar-refractivity contribution in [2.75, 3.05) is 13.2 Å². The SMILES string of the molecule is CCC(CC)(c1ccc(OCC(=O)C(C)(C)C)c(C)c1)c1ccc2ccsc2c1.O=C=NCC(=O)O. The zero-order valence-electron chi connectivity index (χ0n) is 21.9. The Bertz CT molecular complexity index is 1240. The number of ketones is 1. The summed E-state index contributed by atoms with van der Waals surface area (Å²) in [6.07, 6.45) is 3.15. The van der Waals surface area contributed by atoms with E-state index in [1.165, 1.54) is 21.2 Å². The molecule has 1 N–H and O–H groups in total. The molecule has 1 heterocycles. The van der Waals surface area contributed by atoms with Crippen molar-refractivity contribution in [2.45, 2.75) is 59.8 Å². The number of Topliss-reactive ketones (excluding diaryl/α,β-unsaturated/α-hetero) is 1. The van der Waals surface area contributed by atoms with Crippen molar-refractivity contribution in [3.63, 3.8) is 0 Å². The van der Waals surface area contributed by atoms with Gasteiger partial charge in [-0.2, -0.15) is 4.99 Å². The molecule has 1 aromatic heterocycles. The van der Waals surface area contributed by atoms with Crippen LogP contribution < -0.4 is 4.74 Å². The number of carboxylic acids is 1. The number of nitrogens with zero attached hydrogens (tertiary/aromatic N) is 1. The number of aliphatic imine (C=N–C) groups is 1. The van der Waals surface area contributed by atoms with Crippen LogP contribution in [0.1, 0.15) is 64.2 Å². The Morgan fingerprint density at radius 3 is 2.19 bits per heavy atom. The Balaban J connectivity index is 0.000000572. The third kappa shape index (κ3) is 7.12. The molecule has 0 saturated carbocycles. The first-order valence-electron chi connectivity index (χ1n) is 12.0. The minimum absolute atomic E-state index is 0.0251. The standard InChI is InChI=1S/C26H32O2S.C3H3NO3/c1-7-26(8-2,21-10-9-19-13-14-29-23(19)16-21)20-11-12-22(18(3)15-20)28-17-24(27)25(4,5)6;5-2-4-1-3(6)7/h9-16H,7-8,17H2,1-6H3;1H2,(H,6,7). The smallest absolute Gasteiger partial charge is 0.326 e. The number of benzene rings is 2. The van der Waals surface area contributed by atoms with E-state index in [-0.39, 0.29) is 23.2 Å². The van der Waals surface area contributed by atoms with Crippen LogP contribution in [0.2, 0.25) is 0 Å². The maximum absolute atomic E-state index is 12.2. The molecule has 0 aliphatic rings. The van der Waals surface area contributed by atoms with Crippen LogP contribution in [-0.2, 0) is 19.8 Å². The molecular formula is C29H35NO5S. The lowest BCUT2D eigenvalue weighted by Gasteiger charge is -2.34. The van der Waals surface area contributed by atoms with Gasteiger partial charge in [-0.15, -0.1) is 11.3 Å². The van der Waals surface area contributed by atoms with Crippen molar-refractivity contribution >= 4 is 39.3 Å². The van der Waals surface area contributed by atoms with Crippen LogP contribution in [0, 0.1) is 12.3 Å². The van der Waals surface area contributed by atoms with E-state index in [0.717, 1.165) is 30.2 Å². The van der Waals surface area contributed by atoms with Crippen molar-refractivity contribution in [3.8, 4) is 5.75 Å². The molecule has 0 spiro atoms. The summed E-state index contributed by atoms with van der Waals surface area (Å²) in [5.41, 5.74) is 3.35. The van der Waals surface area contributed by atoms with Crippen LogP contribution in [0.4, 0.5) is 0 Å². The molecule has 36 heavy (non-hydrogen) atoms. The van der Waals surface area contributed by atoms with Crippen LogP contribution >= 0.6 is 11.3 Å². The zero-order valence-corrected chi connectivity index (χ0v) is 22.7. The first-order chi connectivity index (χ1) is 17.0. The summed E-state index contributed by atoms with van der Waals surface area (Å²) in [5.74, 6) is -0.216. The number of carbonyl (C=O) groups is 2. The molecule has 7 heteroatoms. The number of carbonyl (C=O) groups excluding carboxylic acids is 2. The number of aryl methyl sites for hydroxylation is 1. The number of ether oxygens (including phenoxy) is 1. The van der Waals surface area contributed by atoms with E-state index >= 15 is 0 Å². The molecule has 3 rings (SSSR count). The minimum Gasteiger partial charge on any atom is -0.486 e. The topological polar surface area (TPSA) is 93.0 Å². The predicted molar refractivity (Wildman–Crippen MR) is 145 cm³/mol. The molecule has 0 atom stereocenters. The quantitative estimate of drug-likeness (QED) is 0.255. The normalized spacial score (nSPS) is 11.3. The summed E-state index contributed by atoms with van der Waals surface area (Å²) in [6, 6.07) is 15.5. The minimum atomic E-state index is -1.12. The molecule has 3 aromatic rings. The fraction of sp³-hybridized carbons (Fsp3) is 0.414. The number of hydrogen-bond donors (Lipinski definition) is 1. The summed E-state index contributed by atoms with van der Waals surface area (Å²) in [6.45, 7) is 12.0. The van der Waals surface area contributed by atoms with Crippen molar-refractivity contribution in [3.05, 3.63) is 64.5 Å². The van der Waals surface area contributed by atoms with Crippen LogP contribution in [-0.4, -0.2) is 36.1 Å². The Kier molecular flexibility index (Phi) is 10.1. The first kappa shape index (κ1) is 29.0. The highest BCUT2D eigenvalue weighted by atomic mass is 32.1. The highest BCUT2D eigenvalue weighted by Crippen LogP contribution is 2.41. The molecule has 0 bridgehead atoms. The van der Waals surface area contributed by atoms with Gasteiger partial charge in [0.1, 0.15) is 18.9 Å². The van der Waals surface area contributed by atoms with Gasteiger partial charge in [0.25, 0.3) is 0 Å². The monoisotopic (exact) mass is 509 g/mol. The van der Waals surface area contributed by atoms with Gasteiger partial charge in [0, 0.05) is 15.5 Å². The number of carboxylic acid groups (broad SMARTS) is 1. The Morgan fingerprint density at radius 2 is 1.67 bits per heavy atom. The van der Waals surface area contributed by atoms with Gasteiger partial charge in [0.2, 0.25) is 6.08 Å². The van der Waals surface area contributed by atoms with Crippen molar-refractivity contribution < 1.29 is 24.2 Å². The van der Waals surface area contributed by atoms with Crippen LogP contribution in [0.15, 0.2) is 52.8 Å². The van der Waals surface area contributed by atoms with Gasteiger partial charge in [-0.25, -0.2) is 4.79 Å².